The fourth-order valence-electron chi connectivity index (χ4n) is 4.18. The summed E-state index contributed by atoms with van der Waals surface area (Å²) in [6.07, 6.45) is 3.77. The summed E-state index contributed by atoms with van der Waals surface area (Å²) in [6.45, 7) is -2.82. The number of rotatable bonds is 12. The van der Waals surface area contributed by atoms with E-state index in [0.717, 1.165) is 47.6 Å². The lowest BCUT2D eigenvalue weighted by Gasteiger charge is -2.25. The van der Waals surface area contributed by atoms with Crippen molar-refractivity contribution >= 4 is 51.0 Å². The van der Waals surface area contributed by atoms with Gasteiger partial charge < -0.3 is 19.4 Å². The van der Waals surface area contributed by atoms with Gasteiger partial charge in [0.1, 0.15) is 22.5 Å². The minimum atomic E-state index is -4.21. The normalized spacial score (nSPS) is 18.3. The standard InChI is InChI=1S/C24H23Cl2F2N5O7S2/c25-16-9-32(35)10-17(26)15(16)8-19(14-3-4-18(40-23(27)28)20(7-14)38-11-13-1-2-13)39-22(34)21-33(5-6-41-21)42(36,37)24-29-12-30-31-24/h3-4,7,9-10,12-13,19,21,23H,1-2,5-6,8,11H2,(H,29,30,31)/t19-,21-/m0/s1. The van der Waals surface area contributed by atoms with Gasteiger partial charge in [-0.25, -0.2) is 23.3 Å². The van der Waals surface area contributed by atoms with Crippen LogP contribution in [0.1, 0.15) is 30.1 Å². The van der Waals surface area contributed by atoms with Gasteiger partial charge in [0.25, 0.3) is 15.2 Å². The molecule has 1 aromatic carbocycles. The van der Waals surface area contributed by atoms with Crippen LogP contribution in [-0.4, -0.2) is 64.8 Å². The molecule has 1 aliphatic heterocycles. The Labute approximate surface area is 252 Å². The Morgan fingerprint density at radius 2 is 1.98 bits per heavy atom. The molecule has 1 N–H and O–H groups in total. The predicted molar refractivity (Wildman–Crippen MR) is 146 cm³/mol. The number of H-pyrrole nitrogens is 1. The molecular formula is C24H23Cl2F2N5O7S2. The van der Waals surface area contributed by atoms with Crippen molar-refractivity contribution in [2.75, 3.05) is 18.9 Å². The summed E-state index contributed by atoms with van der Waals surface area (Å²) in [5.74, 6) is -0.511. The molecule has 0 unspecified atom stereocenters. The molecule has 0 radical (unpaired) electrons. The molecule has 2 atom stereocenters. The molecule has 0 spiro atoms. The van der Waals surface area contributed by atoms with E-state index in [-0.39, 0.29) is 46.7 Å². The summed E-state index contributed by atoms with van der Waals surface area (Å²) in [5.41, 5.74) is 0.566. The fraction of sp³-hybridized carbons (Fsp3) is 0.417. The van der Waals surface area contributed by atoms with Gasteiger partial charge in [-0.1, -0.05) is 29.3 Å². The van der Waals surface area contributed by atoms with E-state index in [4.69, 9.17) is 32.7 Å². The lowest BCUT2D eigenvalue weighted by atomic mass is 10.0. The topological polar surface area (TPSA) is 151 Å². The van der Waals surface area contributed by atoms with Gasteiger partial charge >= 0.3 is 12.6 Å². The quantitative estimate of drug-likeness (QED) is 0.172. The van der Waals surface area contributed by atoms with E-state index in [9.17, 15) is 27.2 Å². The molecule has 0 bridgehead atoms. The van der Waals surface area contributed by atoms with Gasteiger partial charge in [-0.3, -0.25) is 0 Å². The summed E-state index contributed by atoms with van der Waals surface area (Å²) < 4.78 is 70.0. The summed E-state index contributed by atoms with van der Waals surface area (Å²) in [5, 5.41) is 15.9. The molecule has 0 amide bonds. The first-order chi connectivity index (χ1) is 20.0. The van der Waals surface area contributed by atoms with E-state index in [0.29, 0.717) is 22.0 Å². The Morgan fingerprint density at radius 1 is 1.24 bits per heavy atom. The molecule has 42 heavy (non-hydrogen) atoms. The number of carbonyl (C=O) groups excluding carboxylic acids is 1. The number of nitrogens with one attached hydrogen (secondary N) is 1. The van der Waals surface area contributed by atoms with Crippen LogP contribution in [0.4, 0.5) is 8.78 Å². The molecule has 12 nitrogen and oxygen atoms in total. The number of aromatic amines is 1. The van der Waals surface area contributed by atoms with Gasteiger partial charge in [0, 0.05) is 24.3 Å². The second-order valence-electron chi connectivity index (χ2n) is 9.39. The van der Waals surface area contributed by atoms with Gasteiger partial charge in [-0.2, -0.15) is 22.9 Å². The number of benzene rings is 1. The van der Waals surface area contributed by atoms with Crippen LogP contribution in [0.2, 0.25) is 10.0 Å². The van der Waals surface area contributed by atoms with Gasteiger partial charge in [-0.15, -0.1) is 11.8 Å². The third-order valence-corrected chi connectivity index (χ3v) is 10.1. The van der Waals surface area contributed by atoms with Crippen molar-refractivity contribution in [3.8, 4) is 11.5 Å². The zero-order valence-corrected chi connectivity index (χ0v) is 24.6. The average Bonchev–Trinajstić information content (AvgIpc) is 3.36. The third-order valence-electron chi connectivity index (χ3n) is 6.43. The molecule has 2 aliphatic rings. The van der Waals surface area contributed by atoms with E-state index in [2.05, 4.69) is 19.9 Å². The third kappa shape index (κ3) is 6.99. The molecule has 3 aromatic rings. The van der Waals surface area contributed by atoms with Crippen LogP contribution in [0, 0.1) is 11.1 Å². The monoisotopic (exact) mass is 665 g/mol. The Kier molecular flexibility index (Phi) is 9.27. The number of aromatic nitrogens is 4. The number of nitrogens with zero attached hydrogens (tertiary/aromatic N) is 4. The molecule has 18 heteroatoms. The molecule has 2 fully saturated rings. The molecule has 1 saturated carbocycles. The van der Waals surface area contributed by atoms with Crippen molar-refractivity contribution in [3.63, 3.8) is 0 Å². The predicted octanol–water partition coefficient (Wildman–Crippen LogP) is 3.73. The number of hydrogen-bond donors (Lipinski definition) is 1. The van der Waals surface area contributed by atoms with E-state index < -0.39 is 39.2 Å². The number of halogens is 4. The van der Waals surface area contributed by atoms with Crippen molar-refractivity contribution < 1.29 is 40.9 Å². The van der Waals surface area contributed by atoms with Crippen LogP contribution in [0.15, 0.2) is 42.1 Å². The number of esters is 1. The van der Waals surface area contributed by atoms with Crippen molar-refractivity contribution in [1.29, 1.82) is 0 Å². The lowest BCUT2D eigenvalue weighted by Crippen LogP contribution is -2.41. The number of carbonyl (C=O) groups is 1. The van der Waals surface area contributed by atoms with Crippen molar-refractivity contribution in [1.82, 2.24) is 19.5 Å². The smallest absolute Gasteiger partial charge is 0.387 e. The largest absolute Gasteiger partial charge is 0.619 e. The Morgan fingerprint density at radius 3 is 2.62 bits per heavy atom. The van der Waals surface area contributed by atoms with E-state index >= 15 is 0 Å². The molecule has 2 aromatic heterocycles. The van der Waals surface area contributed by atoms with Crippen LogP contribution >= 0.6 is 35.0 Å². The first-order valence-corrected chi connectivity index (χ1v) is 15.7. The van der Waals surface area contributed by atoms with Crippen LogP contribution in [0.25, 0.3) is 0 Å². The highest BCUT2D eigenvalue weighted by atomic mass is 35.5. The lowest BCUT2D eigenvalue weighted by molar-refractivity contribution is -0.605. The van der Waals surface area contributed by atoms with Crippen molar-refractivity contribution in [3.05, 3.63) is 63.3 Å². The minimum Gasteiger partial charge on any atom is -0.619 e. The van der Waals surface area contributed by atoms with Crippen LogP contribution < -0.4 is 14.2 Å². The zero-order valence-electron chi connectivity index (χ0n) is 21.5. The number of alkyl halides is 2. The molecule has 5 rings (SSSR count). The Hall–Kier alpha value is -2.92. The highest BCUT2D eigenvalue weighted by molar-refractivity contribution is 8.02. The van der Waals surface area contributed by atoms with Gasteiger partial charge in [0.2, 0.25) is 0 Å². The molecule has 226 valence electrons. The minimum absolute atomic E-state index is 0.00756. The van der Waals surface area contributed by atoms with E-state index in [1.54, 1.807) is 0 Å². The second kappa shape index (κ2) is 12.8. The Balaban J connectivity index is 1.47. The number of hydrogen-bond acceptors (Lipinski definition) is 10. The summed E-state index contributed by atoms with van der Waals surface area (Å²) in [6, 6.07) is 4.07. The van der Waals surface area contributed by atoms with E-state index in [1.165, 1.54) is 18.2 Å². The molecule has 3 heterocycles. The number of thioether (sulfide) groups is 1. The number of sulfonamides is 1. The summed E-state index contributed by atoms with van der Waals surface area (Å²) in [4.78, 5) is 17.2. The SMILES string of the molecule is O=C(O[C@@H](Cc1c(Cl)c[n+]([O-])cc1Cl)c1ccc(OC(F)F)c(OCC2CC2)c1)[C@@H]1SCCN1S(=O)(=O)c1ncn[nH]1. The van der Waals surface area contributed by atoms with Crippen molar-refractivity contribution in [2.24, 2.45) is 5.92 Å². The highest BCUT2D eigenvalue weighted by Gasteiger charge is 2.43. The Bertz CT molecular complexity index is 1520. The second-order valence-corrected chi connectivity index (χ2v) is 13.2. The maximum Gasteiger partial charge on any atom is 0.387 e. The maximum absolute atomic E-state index is 13.5. The first-order valence-electron chi connectivity index (χ1n) is 12.5. The number of pyridine rings is 1. The maximum atomic E-state index is 13.5. The summed E-state index contributed by atoms with van der Waals surface area (Å²) >= 11 is 13.6. The van der Waals surface area contributed by atoms with Gasteiger partial charge in [0.15, 0.2) is 29.3 Å². The van der Waals surface area contributed by atoms with Gasteiger partial charge in [0.05, 0.1) is 6.61 Å². The molecule has 1 saturated heterocycles. The van der Waals surface area contributed by atoms with Crippen LogP contribution in [0.5, 0.6) is 11.5 Å². The number of ether oxygens (including phenoxy) is 3. The fourth-order valence-corrected chi connectivity index (χ4v) is 7.64. The average molecular weight is 667 g/mol. The van der Waals surface area contributed by atoms with Gasteiger partial charge in [-0.05, 0) is 36.5 Å². The van der Waals surface area contributed by atoms with E-state index in [1.807, 2.05) is 0 Å². The van der Waals surface area contributed by atoms with Crippen LogP contribution in [-0.2, 0) is 26.0 Å². The zero-order chi connectivity index (χ0) is 30.0. The first kappa shape index (κ1) is 30.5. The van der Waals surface area contributed by atoms with Crippen molar-refractivity contribution in [2.45, 2.75) is 42.5 Å². The summed E-state index contributed by atoms with van der Waals surface area (Å²) in [7, 11) is -4.21. The van der Waals surface area contributed by atoms with Crippen LogP contribution in [0.3, 0.4) is 0 Å². The molecular weight excluding hydrogens is 643 g/mol. The highest BCUT2D eigenvalue weighted by Crippen LogP contribution is 2.39. The molecule has 1 aliphatic carbocycles.